The van der Waals surface area contributed by atoms with Crippen molar-refractivity contribution < 1.29 is 9.21 Å². The number of anilines is 1. The summed E-state index contributed by atoms with van der Waals surface area (Å²) in [4.78, 5) is 15.1. The van der Waals surface area contributed by atoms with Gasteiger partial charge in [0.05, 0.1) is 0 Å². The van der Waals surface area contributed by atoms with E-state index in [0.717, 1.165) is 37.1 Å². The van der Waals surface area contributed by atoms with Crippen LogP contribution >= 0.6 is 0 Å². The number of carbonyl (C=O) groups excluding carboxylic acids is 1. The van der Waals surface area contributed by atoms with Crippen LogP contribution in [0.15, 0.2) is 59.0 Å². The van der Waals surface area contributed by atoms with Gasteiger partial charge in [-0.25, -0.2) is 0 Å². The van der Waals surface area contributed by atoms with Gasteiger partial charge in [-0.05, 0) is 37.0 Å². The first-order chi connectivity index (χ1) is 14.7. The SMILES string of the molecule is Cc1ccccc1C(=O)NC(Cc1ccccc1)c1nnc(N2CCCCCC2)o1. The average molecular weight is 405 g/mol. The monoisotopic (exact) mass is 404 g/mol. The van der Waals surface area contributed by atoms with Gasteiger partial charge in [0, 0.05) is 25.1 Å². The van der Waals surface area contributed by atoms with E-state index < -0.39 is 6.04 Å². The number of aromatic nitrogens is 2. The highest BCUT2D eigenvalue weighted by Crippen LogP contribution is 2.24. The molecule has 1 atom stereocenters. The molecule has 1 fully saturated rings. The second-order valence-corrected chi connectivity index (χ2v) is 7.85. The first-order valence-corrected chi connectivity index (χ1v) is 10.7. The zero-order valence-electron chi connectivity index (χ0n) is 17.4. The van der Waals surface area contributed by atoms with E-state index in [2.05, 4.69) is 20.4 Å². The largest absolute Gasteiger partial charge is 0.406 e. The summed E-state index contributed by atoms with van der Waals surface area (Å²) in [6, 6.07) is 17.8. The summed E-state index contributed by atoms with van der Waals surface area (Å²) in [5, 5.41) is 11.7. The highest BCUT2D eigenvalue weighted by atomic mass is 16.4. The molecule has 4 rings (SSSR count). The Labute approximate surface area is 177 Å². The van der Waals surface area contributed by atoms with Crippen LogP contribution in [0, 0.1) is 6.92 Å². The van der Waals surface area contributed by atoms with Crippen molar-refractivity contribution in [2.75, 3.05) is 18.0 Å². The van der Waals surface area contributed by atoms with Gasteiger partial charge >= 0.3 is 6.01 Å². The second-order valence-electron chi connectivity index (χ2n) is 7.85. The lowest BCUT2D eigenvalue weighted by molar-refractivity contribution is 0.0929. The number of nitrogens with zero attached hydrogens (tertiary/aromatic N) is 3. The lowest BCUT2D eigenvalue weighted by atomic mass is 10.0. The van der Waals surface area contributed by atoms with Crippen LogP contribution in [0.4, 0.5) is 6.01 Å². The summed E-state index contributed by atoms with van der Waals surface area (Å²) >= 11 is 0. The summed E-state index contributed by atoms with van der Waals surface area (Å²) < 4.78 is 6.07. The van der Waals surface area contributed by atoms with Crippen molar-refractivity contribution in [3.63, 3.8) is 0 Å². The van der Waals surface area contributed by atoms with Gasteiger partial charge < -0.3 is 14.6 Å². The molecule has 3 aromatic rings. The lowest BCUT2D eigenvalue weighted by Crippen LogP contribution is -2.30. The van der Waals surface area contributed by atoms with E-state index in [1.54, 1.807) is 0 Å². The molecule has 0 bridgehead atoms. The third-order valence-corrected chi connectivity index (χ3v) is 5.58. The van der Waals surface area contributed by atoms with Crippen LogP contribution in [0.25, 0.3) is 0 Å². The number of rotatable bonds is 6. The Morgan fingerprint density at radius 3 is 2.43 bits per heavy atom. The van der Waals surface area contributed by atoms with Crippen LogP contribution in [-0.4, -0.2) is 29.2 Å². The van der Waals surface area contributed by atoms with Crippen molar-refractivity contribution in [1.29, 1.82) is 0 Å². The Hall–Kier alpha value is -3.15. The normalized spacial score (nSPS) is 15.4. The Morgan fingerprint density at radius 1 is 1.00 bits per heavy atom. The number of hydrogen-bond donors (Lipinski definition) is 1. The molecular weight excluding hydrogens is 376 g/mol. The Morgan fingerprint density at radius 2 is 1.70 bits per heavy atom. The van der Waals surface area contributed by atoms with Gasteiger partial charge in [0.15, 0.2) is 0 Å². The van der Waals surface area contributed by atoms with E-state index >= 15 is 0 Å². The van der Waals surface area contributed by atoms with E-state index in [1.807, 2.05) is 61.5 Å². The van der Waals surface area contributed by atoms with Crippen molar-refractivity contribution >= 4 is 11.9 Å². The van der Waals surface area contributed by atoms with Crippen LogP contribution in [0.1, 0.15) is 59.1 Å². The number of benzene rings is 2. The van der Waals surface area contributed by atoms with Crippen molar-refractivity contribution in [2.24, 2.45) is 0 Å². The Bertz CT molecular complexity index is 962. The third kappa shape index (κ3) is 4.87. The van der Waals surface area contributed by atoms with Gasteiger partial charge in [0.2, 0.25) is 5.89 Å². The molecule has 1 aromatic heterocycles. The summed E-state index contributed by atoms with van der Waals surface area (Å²) in [6.07, 6.45) is 5.33. The van der Waals surface area contributed by atoms with Gasteiger partial charge in [-0.15, -0.1) is 5.10 Å². The molecule has 2 heterocycles. The van der Waals surface area contributed by atoms with Crippen molar-refractivity contribution in [3.8, 4) is 0 Å². The Kier molecular flexibility index (Phi) is 6.42. The van der Waals surface area contributed by atoms with Gasteiger partial charge in [-0.2, -0.15) is 0 Å². The minimum atomic E-state index is -0.396. The molecule has 0 aliphatic carbocycles. The zero-order chi connectivity index (χ0) is 20.8. The molecule has 1 amide bonds. The smallest absolute Gasteiger partial charge is 0.318 e. The number of hydrogen-bond acceptors (Lipinski definition) is 5. The summed E-state index contributed by atoms with van der Waals surface area (Å²) in [5.41, 5.74) is 2.69. The van der Waals surface area contributed by atoms with E-state index in [1.165, 1.54) is 12.8 Å². The fourth-order valence-electron chi connectivity index (χ4n) is 3.87. The molecule has 6 nitrogen and oxygen atoms in total. The number of aryl methyl sites for hydroxylation is 1. The molecule has 0 spiro atoms. The van der Waals surface area contributed by atoms with Crippen molar-refractivity contribution in [3.05, 3.63) is 77.2 Å². The highest BCUT2D eigenvalue weighted by molar-refractivity contribution is 5.95. The van der Waals surface area contributed by atoms with Crippen LogP contribution in [0.5, 0.6) is 0 Å². The van der Waals surface area contributed by atoms with Crippen LogP contribution in [0.2, 0.25) is 0 Å². The fraction of sp³-hybridized carbons (Fsp3) is 0.375. The standard InChI is InChI=1S/C24H28N4O2/c1-18-11-7-8-14-20(18)22(29)25-21(17-19-12-5-4-6-13-19)23-26-27-24(30-23)28-15-9-2-3-10-16-28/h4-8,11-14,21H,2-3,9-10,15-17H2,1H3,(H,25,29). The van der Waals surface area contributed by atoms with E-state index in [9.17, 15) is 4.79 Å². The van der Waals surface area contributed by atoms with Gasteiger partial charge in [-0.1, -0.05) is 66.5 Å². The number of carbonyl (C=O) groups is 1. The van der Waals surface area contributed by atoms with Crippen molar-refractivity contribution in [2.45, 2.75) is 45.1 Å². The molecule has 1 aliphatic rings. The van der Waals surface area contributed by atoms with Gasteiger partial charge in [-0.3, -0.25) is 4.79 Å². The molecule has 0 saturated carbocycles. The van der Waals surface area contributed by atoms with E-state index in [4.69, 9.17) is 4.42 Å². The van der Waals surface area contributed by atoms with E-state index in [0.29, 0.717) is 23.9 Å². The predicted molar refractivity (Wildman–Crippen MR) is 117 cm³/mol. The first-order valence-electron chi connectivity index (χ1n) is 10.7. The molecule has 0 radical (unpaired) electrons. The molecule has 6 heteroatoms. The fourth-order valence-corrected chi connectivity index (χ4v) is 3.87. The van der Waals surface area contributed by atoms with Gasteiger partial charge in [0.25, 0.3) is 5.91 Å². The third-order valence-electron chi connectivity index (χ3n) is 5.58. The maximum atomic E-state index is 13.0. The summed E-state index contributed by atoms with van der Waals surface area (Å²) in [7, 11) is 0. The van der Waals surface area contributed by atoms with Crippen LogP contribution < -0.4 is 10.2 Å². The molecule has 1 saturated heterocycles. The maximum Gasteiger partial charge on any atom is 0.318 e. The molecule has 156 valence electrons. The van der Waals surface area contributed by atoms with E-state index in [-0.39, 0.29) is 5.91 Å². The topological polar surface area (TPSA) is 71.3 Å². The minimum Gasteiger partial charge on any atom is -0.406 e. The molecule has 1 unspecified atom stereocenters. The quantitative estimate of drug-likeness (QED) is 0.656. The molecule has 1 N–H and O–H groups in total. The summed E-state index contributed by atoms with van der Waals surface area (Å²) in [5.74, 6) is 0.309. The van der Waals surface area contributed by atoms with Crippen molar-refractivity contribution in [1.82, 2.24) is 15.5 Å². The minimum absolute atomic E-state index is 0.136. The first kappa shape index (κ1) is 20.1. The lowest BCUT2D eigenvalue weighted by Gasteiger charge is -2.18. The zero-order valence-corrected chi connectivity index (χ0v) is 17.4. The second kappa shape index (κ2) is 9.57. The van der Waals surface area contributed by atoms with Gasteiger partial charge in [0.1, 0.15) is 6.04 Å². The predicted octanol–water partition coefficient (Wildman–Crippen LogP) is 4.47. The average Bonchev–Trinajstić information content (AvgIpc) is 3.10. The molecule has 30 heavy (non-hydrogen) atoms. The molecular formula is C24H28N4O2. The number of amides is 1. The summed E-state index contributed by atoms with van der Waals surface area (Å²) in [6.45, 7) is 3.80. The Balaban J connectivity index is 1.57. The molecule has 1 aliphatic heterocycles. The van der Waals surface area contributed by atoms with Crippen LogP contribution in [-0.2, 0) is 6.42 Å². The van der Waals surface area contributed by atoms with Crippen LogP contribution in [0.3, 0.4) is 0 Å². The highest BCUT2D eigenvalue weighted by Gasteiger charge is 2.24. The molecule has 2 aromatic carbocycles. The number of nitrogens with one attached hydrogen (secondary N) is 1. The maximum absolute atomic E-state index is 13.0.